The van der Waals surface area contributed by atoms with Crippen molar-refractivity contribution >= 4 is 38.1 Å². The van der Waals surface area contributed by atoms with Crippen LogP contribution in [-0.2, 0) is 12.7 Å². The van der Waals surface area contributed by atoms with Crippen molar-refractivity contribution in [1.29, 1.82) is 0 Å². The van der Waals surface area contributed by atoms with Crippen molar-refractivity contribution in [3.63, 3.8) is 0 Å². The molecule has 1 aliphatic rings. The van der Waals surface area contributed by atoms with E-state index in [4.69, 9.17) is 9.15 Å². The number of halogens is 4. The van der Waals surface area contributed by atoms with Crippen LogP contribution in [0.25, 0.3) is 33.5 Å². The van der Waals surface area contributed by atoms with Crippen molar-refractivity contribution in [3.8, 4) is 17.1 Å². The van der Waals surface area contributed by atoms with E-state index in [1.54, 1.807) is 6.07 Å². The highest BCUT2D eigenvalue weighted by Crippen LogP contribution is 2.40. The predicted molar refractivity (Wildman–Crippen MR) is 95.6 cm³/mol. The molecule has 0 saturated heterocycles. The Bertz CT molecular complexity index is 1200. The number of rotatable bonds is 1. The number of aromatic nitrogens is 3. The summed E-state index contributed by atoms with van der Waals surface area (Å²) in [5, 5.41) is 0. The molecule has 0 N–H and O–H groups in total. The van der Waals surface area contributed by atoms with Gasteiger partial charge in [-0.05, 0) is 30.7 Å². The molecule has 0 bridgehead atoms. The van der Waals surface area contributed by atoms with Gasteiger partial charge in [0, 0.05) is 16.6 Å². The van der Waals surface area contributed by atoms with Gasteiger partial charge in [0.1, 0.15) is 28.2 Å². The highest BCUT2D eigenvalue weighted by molar-refractivity contribution is 9.10. The average molecular weight is 438 g/mol. The molecule has 0 saturated carbocycles. The van der Waals surface area contributed by atoms with E-state index in [2.05, 4.69) is 25.9 Å². The SMILES string of the molecule is FC(F)(F)c1cc(-c2nc3cc(Br)cc4c3n2CCCO4)cc2ncoc12. The van der Waals surface area contributed by atoms with Gasteiger partial charge in [-0.2, -0.15) is 13.2 Å². The summed E-state index contributed by atoms with van der Waals surface area (Å²) >= 11 is 3.43. The van der Waals surface area contributed by atoms with Gasteiger partial charge in [-0.1, -0.05) is 15.9 Å². The van der Waals surface area contributed by atoms with Crippen molar-refractivity contribution in [1.82, 2.24) is 14.5 Å². The van der Waals surface area contributed by atoms with Gasteiger partial charge in [0.2, 0.25) is 0 Å². The third-order valence-corrected chi connectivity index (χ3v) is 5.01. The van der Waals surface area contributed by atoms with E-state index in [0.29, 0.717) is 35.8 Å². The first-order valence-electron chi connectivity index (χ1n) is 8.19. The zero-order valence-electron chi connectivity index (χ0n) is 13.7. The van der Waals surface area contributed by atoms with E-state index < -0.39 is 11.7 Å². The minimum absolute atomic E-state index is 0.144. The summed E-state index contributed by atoms with van der Waals surface area (Å²) in [5.41, 5.74) is 0.781. The van der Waals surface area contributed by atoms with E-state index in [0.717, 1.165) is 28.9 Å². The summed E-state index contributed by atoms with van der Waals surface area (Å²) in [6, 6.07) is 6.31. The second kappa shape index (κ2) is 5.72. The third kappa shape index (κ3) is 2.60. The lowest BCUT2D eigenvalue weighted by Crippen LogP contribution is -2.07. The summed E-state index contributed by atoms with van der Waals surface area (Å²) in [4.78, 5) is 8.52. The van der Waals surface area contributed by atoms with E-state index in [-0.39, 0.29) is 11.1 Å². The van der Waals surface area contributed by atoms with E-state index in [1.165, 1.54) is 0 Å². The smallest absolute Gasteiger partial charge is 0.420 e. The molecule has 0 atom stereocenters. The van der Waals surface area contributed by atoms with Gasteiger partial charge >= 0.3 is 6.18 Å². The minimum Gasteiger partial charge on any atom is -0.491 e. The quantitative estimate of drug-likeness (QED) is 0.399. The van der Waals surface area contributed by atoms with Crippen LogP contribution < -0.4 is 4.74 Å². The number of alkyl halides is 3. The number of oxazole rings is 1. The Morgan fingerprint density at radius 2 is 1.96 bits per heavy atom. The van der Waals surface area contributed by atoms with Crippen molar-refractivity contribution in [3.05, 3.63) is 40.7 Å². The average Bonchev–Trinajstić information content (AvgIpc) is 3.14. The van der Waals surface area contributed by atoms with Crippen LogP contribution >= 0.6 is 15.9 Å². The highest BCUT2D eigenvalue weighted by Gasteiger charge is 2.35. The molecule has 1 aliphatic heterocycles. The molecule has 0 radical (unpaired) electrons. The summed E-state index contributed by atoms with van der Waals surface area (Å²) in [6.07, 6.45) is -2.82. The monoisotopic (exact) mass is 437 g/mol. The molecule has 2 aromatic heterocycles. The second-order valence-corrected chi connectivity index (χ2v) is 7.20. The van der Waals surface area contributed by atoms with Crippen molar-refractivity contribution in [2.75, 3.05) is 6.61 Å². The molecule has 4 aromatic rings. The fourth-order valence-corrected chi connectivity index (χ4v) is 3.88. The molecule has 0 unspecified atom stereocenters. The zero-order chi connectivity index (χ0) is 18.8. The maximum atomic E-state index is 13.5. The number of ether oxygens (including phenoxy) is 1. The molecule has 2 aromatic carbocycles. The Labute approximate surface area is 158 Å². The van der Waals surface area contributed by atoms with Crippen LogP contribution in [0.2, 0.25) is 0 Å². The maximum Gasteiger partial charge on any atom is 0.420 e. The fraction of sp³-hybridized carbons (Fsp3) is 0.222. The standard InChI is InChI=1S/C18H11BrF3N3O2/c19-10-6-12-15-14(7-10)26-3-1-2-25(15)17(24-12)9-4-11(18(20,21)22)16-13(5-9)23-8-27-16/h4-8H,1-3H2. The first kappa shape index (κ1) is 16.6. The Hall–Kier alpha value is -2.55. The third-order valence-electron chi connectivity index (χ3n) is 4.55. The van der Waals surface area contributed by atoms with Gasteiger partial charge in [-0.15, -0.1) is 0 Å². The zero-order valence-corrected chi connectivity index (χ0v) is 15.3. The van der Waals surface area contributed by atoms with Crippen LogP contribution in [0, 0.1) is 0 Å². The fourth-order valence-electron chi connectivity index (χ4n) is 3.46. The molecule has 9 heteroatoms. The maximum absolute atomic E-state index is 13.5. The molecule has 5 rings (SSSR count). The normalized spacial score (nSPS) is 14.5. The van der Waals surface area contributed by atoms with E-state index in [1.807, 2.05) is 16.7 Å². The molecular weight excluding hydrogens is 427 g/mol. The first-order chi connectivity index (χ1) is 12.9. The number of imidazole rings is 1. The summed E-state index contributed by atoms with van der Waals surface area (Å²) in [7, 11) is 0. The predicted octanol–water partition coefficient (Wildman–Crippen LogP) is 5.41. The molecule has 0 spiro atoms. The lowest BCUT2D eigenvalue weighted by Gasteiger charge is -2.11. The summed E-state index contributed by atoms with van der Waals surface area (Å²) in [6.45, 7) is 1.13. The van der Waals surface area contributed by atoms with Crippen molar-refractivity contribution < 1.29 is 22.3 Å². The Morgan fingerprint density at radius 3 is 2.78 bits per heavy atom. The first-order valence-corrected chi connectivity index (χ1v) is 8.98. The highest BCUT2D eigenvalue weighted by atomic mass is 79.9. The number of hydrogen-bond acceptors (Lipinski definition) is 4. The van der Waals surface area contributed by atoms with Crippen LogP contribution in [-0.4, -0.2) is 21.1 Å². The van der Waals surface area contributed by atoms with Crippen LogP contribution in [0.4, 0.5) is 13.2 Å². The number of fused-ring (bicyclic) bond motifs is 1. The summed E-state index contributed by atoms with van der Waals surface area (Å²) in [5.74, 6) is 1.11. The number of benzene rings is 2. The molecule has 5 nitrogen and oxygen atoms in total. The molecule has 0 amide bonds. The van der Waals surface area contributed by atoms with Crippen LogP contribution in [0.15, 0.2) is 39.5 Å². The van der Waals surface area contributed by atoms with E-state index >= 15 is 0 Å². The largest absolute Gasteiger partial charge is 0.491 e. The van der Waals surface area contributed by atoms with E-state index in [9.17, 15) is 13.2 Å². The van der Waals surface area contributed by atoms with Crippen molar-refractivity contribution in [2.24, 2.45) is 0 Å². The van der Waals surface area contributed by atoms with Gasteiger partial charge in [0.25, 0.3) is 0 Å². The molecule has 0 fully saturated rings. The van der Waals surface area contributed by atoms with Gasteiger partial charge in [0.05, 0.1) is 12.1 Å². The van der Waals surface area contributed by atoms with Gasteiger partial charge < -0.3 is 13.7 Å². The lowest BCUT2D eigenvalue weighted by molar-refractivity contribution is -0.136. The van der Waals surface area contributed by atoms with Gasteiger partial charge in [0.15, 0.2) is 12.0 Å². The Morgan fingerprint density at radius 1 is 1.11 bits per heavy atom. The number of nitrogens with zero attached hydrogens (tertiary/aromatic N) is 3. The number of hydrogen-bond donors (Lipinski definition) is 0. The molecule has 27 heavy (non-hydrogen) atoms. The lowest BCUT2D eigenvalue weighted by atomic mass is 10.1. The summed E-state index contributed by atoms with van der Waals surface area (Å²) < 4.78 is 54.0. The Balaban J connectivity index is 1.82. The molecule has 138 valence electrons. The molecule has 0 aliphatic carbocycles. The molecule has 3 heterocycles. The number of aryl methyl sites for hydroxylation is 1. The van der Waals surface area contributed by atoms with Crippen LogP contribution in [0.5, 0.6) is 5.75 Å². The van der Waals surface area contributed by atoms with Gasteiger partial charge in [-0.3, -0.25) is 0 Å². The van der Waals surface area contributed by atoms with Crippen LogP contribution in [0.3, 0.4) is 0 Å². The van der Waals surface area contributed by atoms with Crippen molar-refractivity contribution in [2.45, 2.75) is 19.1 Å². The molecular formula is C18H11BrF3N3O2. The topological polar surface area (TPSA) is 53.1 Å². The van der Waals surface area contributed by atoms with Crippen LogP contribution in [0.1, 0.15) is 12.0 Å². The Kier molecular flexibility index (Phi) is 3.52. The van der Waals surface area contributed by atoms with Gasteiger partial charge in [-0.25, -0.2) is 9.97 Å². The second-order valence-electron chi connectivity index (χ2n) is 6.28. The minimum atomic E-state index is -4.56.